The van der Waals surface area contributed by atoms with E-state index in [4.69, 9.17) is 0 Å². The molecule has 2 saturated heterocycles. The number of sulfonamides is 1. The van der Waals surface area contributed by atoms with E-state index in [2.05, 4.69) is 0 Å². The van der Waals surface area contributed by atoms with Crippen LogP contribution in [0, 0.1) is 6.92 Å². The summed E-state index contributed by atoms with van der Waals surface area (Å²) in [6.07, 6.45) is 4.49. The third-order valence-electron chi connectivity index (χ3n) is 6.82. The molecule has 30 heavy (non-hydrogen) atoms. The molecule has 1 spiro atoms. The lowest BCUT2D eigenvalue weighted by Gasteiger charge is -2.36. The Hall–Kier alpha value is -1.97. The van der Waals surface area contributed by atoms with Crippen LogP contribution in [0.25, 0.3) is 0 Å². The Morgan fingerprint density at radius 3 is 2.13 bits per heavy atom. The summed E-state index contributed by atoms with van der Waals surface area (Å²) in [6, 6.07) is 6.63. The van der Waals surface area contributed by atoms with E-state index in [1.54, 1.807) is 36.2 Å². The van der Waals surface area contributed by atoms with Crippen LogP contribution in [0.3, 0.4) is 0 Å². The highest BCUT2D eigenvalue weighted by atomic mass is 32.2. The average molecular weight is 435 g/mol. The molecule has 3 fully saturated rings. The lowest BCUT2D eigenvalue weighted by Crippen LogP contribution is -2.53. The summed E-state index contributed by atoms with van der Waals surface area (Å²) < 4.78 is 27.2. The molecule has 1 saturated carbocycles. The van der Waals surface area contributed by atoms with E-state index in [9.17, 15) is 18.0 Å². The highest BCUT2D eigenvalue weighted by molar-refractivity contribution is 7.89. The summed E-state index contributed by atoms with van der Waals surface area (Å²) in [5, 5.41) is 0. The fraction of sp³-hybridized carbons (Fsp3) is 0.619. The maximum atomic E-state index is 13.1. The van der Waals surface area contributed by atoms with Gasteiger partial charge in [-0.2, -0.15) is 4.31 Å². The van der Waals surface area contributed by atoms with E-state index < -0.39 is 15.6 Å². The summed E-state index contributed by atoms with van der Waals surface area (Å²) >= 11 is 0. The van der Waals surface area contributed by atoms with Gasteiger partial charge in [-0.25, -0.2) is 18.1 Å². The summed E-state index contributed by atoms with van der Waals surface area (Å²) in [6.45, 7) is 3.80. The van der Waals surface area contributed by atoms with Crippen LogP contribution in [0.5, 0.6) is 0 Å². The molecular formula is C21H30N4O4S. The van der Waals surface area contributed by atoms with Gasteiger partial charge >= 0.3 is 6.03 Å². The Bertz CT molecular complexity index is 917. The first kappa shape index (κ1) is 21.3. The molecule has 1 aromatic carbocycles. The Kier molecular flexibility index (Phi) is 5.63. The smallest absolute Gasteiger partial charge is 0.313 e. The molecule has 3 aliphatic rings. The van der Waals surface area contributed by atoms with Crippen LogP contribution in [0.2, 0.25) is 0 Å². The molecule has 2 heterocycles. The first-order valence-electron chi connectivity index (χ1n) is 10.6. The molecule has 2 aliphatic heterocycles. The van der Waals surface area contributed by atoms with Crippen molar-refractivity contribution in [1.82, 2.24) is 19.0 Å². The normalized spacial score (nSPS) is 23.5. The predicted octanol–water partition coefficient (Wildman–Crippen LogP) is 1.86. The van der Waals surface area contributed by atoms with Gasteiger partial charge < -0.3 is 4.90 Å². The zero-order chi connectivity index (χ0) is 21.5. The Labute approximate surface area is 178 Å². The van der Waals surface area contributed by atoms with Gasteiger partial charge in [0.25, 0.3) is 5.91 Å². The van der Waals surface area contributed by atoms with Gasteiger partial charge in [-0.1, -0.05) is 37.0 Å². The molecular weight excluding hydrogens is 404 g/mol. The number of imide groups is 1. The van der Waals surface area contributed by atoms with Gasteiger partial charge in [-0.05, 0) is 31.9 Å². The van der Waals surface area contributed by atoms with Gasteiger partial charge in [0.05, 0.1) is 11.6 Å². The van der Waals surface area contributed by atoms with Crippen molar-refractivity contribution in [3.8, 4) is 0 Å². The van der Waals surface area contributed by atoms with E-state index in [0.717, 1.165) is 37.7 Å². The first-order valence-corrected chi connectivity index (χ1v) is 12.1. The molecule has 8 nitrogen and oxygen atoms in total. The molecule has 0 radical (unpaired) electrons. The number of hydrogen-bond donors (Lipinski definition) is 0. The Morgan fingerprint density at radius 1 is 0.933 bits per heavy atom. The Balaban J connectivity index is 1.40. The minimum absolute atomic E-state index is 0.0931. The van der Waals surface area contributed by atoms with Crippen LogP contribution < -0.4 is 0 Å². The van der Waals surface area contributed by atoms with Gasteiger partial charge in [0.1, 0.15) is 5.54 Å². The molecule has 9 heteroatoms. The highest BCUT2D eigenvalue weighted by Gasteiger charge is 2.55. The van der Waals surface area contributed by atoms with Crippen LogP contribution in [0.15, 0.2) is 29.2 Å². The largest absolute Gasteiger partial charge is 0.328 e. The number of piperazine rings is 1. The van der Waals surface area contributed by atoms with Gasteiger partial charge in [0.2, 0.25) is 10.0 Å². The van der Waals surface area contributed by atoms with Crippen LogP contribution >= 0.6 is 0 Å². The second-order valence-electron chi connectivity index (χ2n) is 8.64. The monoisotopic (exact) mass is 434 g/mol. The zero-order valence-corrected chi connectivity index (χ0v) is 18.5. The van der Waals surface area contributed by atoms with Crippen molar-refractivity contribution in [3.63, 3.8) is 0 Å². The minimum Gasteiger partial charge on any atom is -0.313 e. The van der Waals surface area contributed by atoms with Crippen LogP contribution in [-0.2, 0) is 14.8 Å². The number of urea groups is 1. The number of carbonyl (C=O) groups is 2. The molecule has 0 unspecified atom stereocenters. The quantitative estimate of drug-likeness (QED) is 0.676. The third-order valence-corrected chi connectivity index (χ3v) is 8.73. The lowest BCUT2D eigenvalue weighted by molar-refractivity contribution is -0.136. The van der Waals surface area contributed by atoms with Crippen molar-refractivity contribution in [1.29, 1.82) is 0 Å². The number of rotatable bonds is 4. The molecule has 0 bridgehead atoms. The second kappa shape index (κ2) is 7.94. The maximum absolute atomic E-state index is 13.1. The Morgan fingerprint density at radius 2 is 1.53 bits per heavy atom. The van der Waals surface area contributed by atoms with Crippen molar-refractivity contribution in [2.75, 3.05) is 39.9 Å². The lowest BCUT2D eigenvalue weighted by atomic mass is 9.81. The van der Waals surface area contributed by atoms with E-state index in [1.165, 1.54) is 9.21 Å². The zero-order valence-electron chi connectivity index (χ0n) is 17.7. The summed E-state index contributed by atoms with van der Waals surface area (Å²) in [4.78, 5) is 31.2. The summed E-state index contributed by atoms with van der Waals surface area (Å²) in [5.74, 6) is -0.0931. The fourth-order valence-electron chi connectivity index (χ4n) is 4.83. The number of aryl methyl sites for hydroxylation is 1. The molecule has 1 aliphatic carbocycles. The van der Waals surface area contributed by atoms with Gasteiger partial charge in [-0.15, -0.1) is 0 Å². The van der Waals surface area contributed by atoms with Crippen molar-refractivity contribution in [2.24, 2.45) is 0 Å². The van der Waals surface area contributed by atoms with Gasteiger partial charge in [-0.3, -0.25) is 9.69 Å². The fourth-order valence-corrected chi connectivity index (χ4v) is 6.25. The molecule has 164 valence electrons. The molecule has 0 N–H and O–H groups in total. The molecule has 1 aromatic rings. The molecule has 0 atom stereocenters. The van der Waals surface area contributed by atoms with Crippen molar-refractivity contribution < 1.29 is 18.0 Å². The topological polar surface area (TPSA) is 81.2 Å². The predicted molar refractivity (Wildman–Crippen MR) is 112 cm³/mol. The molecule has 0 aromatic heterocycles. The maximum Gasteiger partial charge on any atom is 0.328 e. The van der Waals surface area contributed by atoms with Gasteiger partial charge in [0.15, 0.2) is 0 Å². The first-order chi connectivity index (χ1) is 14.3. The summed E-state index contributed by atoms with van der Waals surface area (Å²) in [5.41, 5.74) is 0.339. The van der Waals surface area contributed by atoms with Gasteiger partial charge in [0, 0.05) is 33.2 Å². The van der Waals surface area contributed by atoms with E-state index in [0.29, 0.717) is 31.1 Å². The minimum atomic E-state index is -3.53. The number of carbonyl (C=O) groups excluding carboxylic acids is 2. The van der Waals surface area contributed by atoms with E-state index >= 15 is 0 Å². The SMILES string of the molecule is Cc1ccc(S(=O)(=O)N2CCN(CN3C(=O)N(C)C4(CCCCC4)C3=O)CC2)cc1. The number of nitrogens with zero attached hydrogens (tertiary/aromatic N) is 4. The second-order valence-corrected chi connectivity index (χ2v) is 10.6. The average Bonchev–Trinajstić information content (AvgIpc) is 2.91. The number of amides is 3. The van der Waals surface area contributed by atoms with Crippen molar-refractivity contribution >= 4 is 22.0 Å². The van der Waals surface area contributed by atoms with E-state index in [1.807, 2.05) is 11.8 Å². The van der Waals surface area contributed by atoms with Crippen LogP contribution in [0.4, 0.5) is 4.79 Å². The number of likely N-dealkylation sites (N-methyl/N-ethyl adjacent to an activating group) is 1. The van der Waals surface area contributed by atoms with Crippen LogP contribution in [-0.4, -0.2) is 84.8 Å². The van der Waals surface area contributed by atoms with E-state index in [-0.39, 0.29) is 18.6 Å². The number of hydrogen-bond acceptors (Lipinski definition) is 5. The molecule has 4 rings (SSSR count). The third kappa shape index (κ3) is 3.52. The number of benzene rings is 1. The van der Waals surface area contributed by atoms with Crippen molar-refractivity contribution in [3.05, 3.63) is 29.8 Å². The van der Waals surface area contributed by atoms with Crippen LogP contribution in [0.1, 0.15) is 37.7 Å². The summed E-state index contributed by atoms with van der Waals surface area (Å²) in [7, 11) is -1.80. The van der Waals surface area contributed by atoms with Crippen molar-refractivity contribution in [2.45, 2.75) is 49.5 Å². The molecule has 3 amide bonds. The standard InChI is InChI=1S/C21H30N4O4S/c1-17-6-8-18(9-7-17)30(28,29)24-14-12-23(13-15-24)16-25-19(26)21(22(2)20(25)27)10-4-3-5-11-21/h6-9H,3-5,10-16H2,1-2H3. The highest BCUT2D eigenvalue weighted by Crippen LogP contribution is 2.39.